The van der Waals surface area contributed by atoms with Crippen molar-refractivity contribution in [2.24, 2.45) is 0 Å². The van der Waals surface area contributed by atoms with Crippen LogP contribution in [0.25, 0.3) is 60.7 Å². The van der Waals surface area contributed by atoms with Gasteiger partial charge in [-0.25, -0.2) is 4.98 Å². The van der Waals surface area contributed by atoms with Crippen LogP contribution in [0.4, 0.5) is 0 Å². The minimum absolute atomic E-state index is 0.157. The molecular formula is C32H22N2O. The lowest BCUT2D eigenvalue weighted by atomic mass is 9.80. The van der Waals surface area contributed by atoms with Gasteiger partial charge < -0.3 is 4.42 Å². The van der Waals surface area contributed by atoms with Crippen molar-refractivity contribution in [1.82, 2.24) is 9.55 Å². The fourth-order valence-electron chi connectivity index (χ4n) is 6.42. The largest absolute Gasteiger partial charge is 0.454 e. The van der Waals surface area contributed by atoms with Crippen molar-refractivity contribution in [2.75, 3.05) is 0 Å². The maximum atomic E-state index is 6.72. The van der Waals surface area contributed by atoms with Gasteiger partial charge >= 0.3 is 0 Å². The van der Waals surface area contributed by atoms with Crippen molar-refractivity contribution in [2.45, 2.75) is 19.3 Å². The molecule has 8 rings (SSSR count). The molecule has 0 aliphatic heterocycles. The number of pyridine rings is 1. The molecule has 0 fully saturated rings. The van der Waals surface area contributed by atoms with E-state index in [-0.39, 0.29) is 5.41 Å². The molecule has 0 atom stereocenters. The van der Waals surface area contributed by atoms with Crippen molar-refractivity contribution in [3.63, 3.8) is 0 Å². The zero-order valence-electron chi connectivity index (χ0n) is 19.5. The van der Waals surface area contributed by atoms with Gasteiger partial charge in [-0.05, 0) is 46.5 Å². The summed E-state index contributed by atoms with van der Waals surface area (Å²) in [6.07, 6.45) is 1.86. The molecule has 0 saturated heterocycles. The lowest BCUT2D eigenvalue weighted by Gasteiger charge is -2.23. The third-order valence-electron chi connectivity index (χ3n) is 7.81. The molecule has 0 radical (unpaired) electrons. The van der Waals surface area contributed by atoms with Gasteiger partial charge in [-0.1, -0.05) is 80.6 Å². The normalized spacial score (nSPS) is 14.2. The van der Waals surface area contributed by atoms with Crippen LogP contribution < -0.4 is 0 Å². The van der Waals surface area contributed by atoms with Gasteiger partial charge in [0.1, 0.15) is 11.4 Å². The average molecular weight is 451 g/mol. The molecule has 0 N–H and O–H groups in total. The Morgan fingerprint density at radius 3 is 2.34 bits per heavy atom. The first kappa shape index (κ1) is 19.0. The van der Waals surface area contributed by atoms with Gasteiger partial charge in [-0.15, -0.1) is 0 Å². The van der Waals surface area contributed by atoms with E-state index in [1.165, 1.54) is 38.4 Å². The molecule has 0 bridgehead atoms. The molecule has 1 aliphatic carbocycles. The van der Waals surface area contributed by atoms with Crippen molar-refractivity contribution < 1.29 is 4.42 Å². The highest BCUT2D eigenvalue weighted by Gasteiger charge is 2.41. The quantitative estimate of drug-likeness (QED) is 0.251. The molecule has 3 aromatic heterocycles. The molecule has 0 amide bonds. The van der Waals surface area contributed by atoms with E-state index >= 15 is 0 Å². The number of fused-ring (bicyclic) bond motifs is 12. The van der Waals surface area contributed by atoms with Gasteiger partial charge in [0, 0.05) is 33.2 Å². The van der Waals surface area contributed by atoms with E-state index in [0.29, 0.717) is 0 Å². The lowest BCUT2D eigenvalue weighted by molar-refractivity contribution is 0.663. The Labute approximate surface area is 202 Å². The number of hydrogen-bond acceptors (Lipinski definition) is 2. The van der Waals surface area contributed by atoms with Gasteiger partial charge in [-0.2, -0.15) is 0 Å². The van der Waals surface area contributed by atoms with E-state index in [1.54, 1.807) is 0 Å². The second-order valence-corrected chi connectivity index (χ2v) is 9.99. The fraction of sp³-hybridized carbons (Fsp3) is 0.0938. The zero-order valence-corrected chi connectivity index (χ0v) is 19.5. The van der Waals surface area contributed by atoms with Crippen molar-refractivity contribution in [3.8, 4) is 16.9 Å². The van der Waals surface area contributed by atoms with Crippen LogP contribution in [0.2, 0.25) is 0 Å². The predicted molar refractivity (Wildman–Crippen MR) is 143 cm³/mol. The van der Waals surface area contributed by atoms with Crippen LogP contribution in [0, 0.1) is 0 Å². The topological polar surface area (TPSA) is 31.0 Å². The summed E-state index contributed by atoms with van der Waals surface area (Å²) in [4.78, 5) is 4.77. The molecule has 0 saturated carbocycles. The Hall–Kier alpha value is -4.37. The molecule has 35 heavy (non-hydrogen) atoms. The standard InChI is InChI=1S/C32H22N2O/c1-32(2)22-14-6-3-11-19(22)26-27-21-13-5-8-16-24(21)35-31(27)30-28(29(26)32)20-12-4-7-15-23(20)34(30)25-17-9-10-18-33-25/h3-18H,1-2H3. The van der Waals surface area contributed by atoms with Gasteiger partial charge in [-0.3, -0.25) is 4.57 Å². The molecule has 4 aromatic carbocycles. The Bertz CT molecular complexity index is 1970. The van der Waals surface area contributed by atoms with Gasteiger partial charge in [0.05, 0.1) is 11.0 Å². The zero-order chi connectivity index (χ0) is 23.3. The first-order valence-corrected chi connectivity index (χ1v) is 12.1. The Morgan fingerprint density at radius 1 is 0.743 bits per heavy atom. The fourth-order valence-corrected chi connectivity index (χ4v) is 6.42. The maximum absolute atomic E-state index is 6.72. The minimum atomic E-state index is -0.157. The van der Waals surface area contributed by atoms with Crippen LogP contribution in [0.3, 0.4) is 0 Å². The number of nitrogens with zero attached hydrogens (tertiary/aromatic N) is 2. The van der Waals surface area contributed by atoms with Crippen LogP contribution >= 0.6 is 0 Å². The van der Waals surface area contributed by atoms with E-state index in [2.05, 4.69) is 91.2 Å². The summed E-state index contributed by atoms with van der Waals surface area (Å²) >= 11 is 0. The molecular weight excluding hydrogens is 428 g/mol. The summed E-state index contributed by atoms with van der Waals surface area (Å²) in [5.74, 6) is 0.897. The highest BCUT2D eigenvalue weighted by molar-refractivity contribution is 6.29. The molecule has 0 unspecified atom stereocenters. The lowest BCUT2D eigenvalue weighted by Crippen LogP contribution is -2.15. The third-order valence-corrected chi connectivity index (χ3v) is 7.81. The van der Waals surface area contributed by atoms with Gasteiger partial charge in [0.25, 0.3) is 0 Å². The Balaban J connectivity index is 1.75. The first-order valence-electron chi connectivity index (χ1n) is 12.1. The highest BCUT2D eigenvalue weighted by Crippen LogP contribution is 2.57. The summed E-state index contributed by atoms with van der Waals surface area (Å²) in [6.45, 7) is 4.72. The summed E-state index contributed by atoms with van der Waals surface area (Å²) in [7, 11) is 0. The molecule has 166 valence electrons. The van der Waals surface area contributed by atoms with E-state index in [4.69, 9.17) is 9.40 Å². The number of para-hydroxylation sites is 2. The molecule has 7 aromatic rings. The van der Waals surface area contributed by atoms with E-state index < -0.39 is 0 Å². The summed E-state index contributed by atoms with van der Waals surface area (Å²) in [5, 5.41) is 4.84. The minimum Gasteiger partial charge on any atom is -0.454 e. The smallest absolute Gasteiger partial charge is 0.160 e. The van der Waals surface area contributed by atoms with Gasteiger partial charge in [0.15, 0.2) is 5.58 Å². The molecule has 3 heterocycles. The highest BCUT2D eigenvalue weighted by atomic mass is 16.3. The summed E-state index contributed by atoms with van der Waals surface area (Å²) in [5.41, 5.74) is 9.27. The van der Waals surface area contributed by atoms with Crippen LogP contribution in [0.1, 0.15) is 25.0 Å². The van der Waals surface area contributed by atoms with Crippen molar-refractivity contribution in [1.29, 1.82) is 0 Å². The van der Waals surface area contributed by atoms with E-state index in [9.17, 15) is 0 Å². The average Bonchev–Trinajstić information content (AvgIpc) is 3.51. The number of hydrogen-bond donors (Lipinski definition) is 0. The summed E-state index contributed by atoms with van der Waals surface area (Å²) in [6, 6.07) is 32.1. The summed E-state index contributed by atoms with van der Waals surface area (Å²) < 4.78 is 9.00. The molecule has 3 nitrogen and oxygen atoms in total. The second-order valence-electron chi connectivity index (χ2n) is 9.99. The monoisotopic (exact) mass is 450 g/mol. The Kier molecular flexibility index (Phi) is 3.47. The number of benzene rings is 4. The number of furan rings is 1. The number of rotatable bonds is 1. The van der Waals surface area contributed by atoms with E-state index in [1.807, 2.05) is 24.4 Å². The second kappa shape index (κ2) is 6.39. The Morgan fingerprint density at radius 2 is 1.49 bits per heavy atom. The van der Waals surface area contributed by atoms with Crippen LogP contribution in [-0.2, 0) is 5.41 Å². The molecule has 3 heteroatoms. The first-order chi connectivity index (χ1) is 17.2. The molecule has 0 spiro atoms. The third kappa shape index (κ3) is 2.23. The maximum Gasteiger partial charge on any atom is 0.160 e. The number of aromatic nitrogens is 2. The van der Waals surface area contributed by atoms with Crippen LogP contribution in [0.15, 0.2) is 102 Å². The van der Waals surface area contributed by atoms with Crippen molar-refractivity contribution in [3.05, 3.63) is 108 Å². The molecule has 1 aliphatic rings. The van der Waals surface area contributed by atoms with Crippen LogP contribution in [-0.4, -0.2) is 9.55 Å². The van der Waals surface area contributed by atoms with Gasteiger partial charge in [0.2, 0.25) is 0 Å². The predicted octanol–water partition coefficient (Wildman–Crippen LogP) is 8.38. The van der Waals surface area contributed by atoms with Crippen LogP contribution in [0.5, 0.6) is 0 Å². The SMILES string of the molecule is CC1(C)c2ccccc2-c2c1c1c3ccccc3n(-c3ccccn3)c1c1oc3ccccc3c21. The van der Waals surface area contributed by atoms with E-state index in [0.717, 1.165) is 33.4 Å². The van der Waals surface area contributed by atoms with Crippen molar-refractivity contribution >= 4 is 43.7 Å².